The summed E-state index contributed by atoms with van der Waals surface area (Å²) in [5.41, 5.74) is 1.13. The SMILES string of the molecule is C[C@@H](OC(=O)/C=C/c1ccc(F)cc1)C(=O)c1ccc(Br)cc1. The molecule has 23 heavy (non-hydrogen) atoms. The van der Waals surface area contributed by atoms with E-state index in [4.69, 9.17) is 4.74 Å². The van der Waals surface area contributed by atoms with Crippen molar-refractivity contribution in [3.63, 3.8) is 0 Å². The molecule has 118 valence electrons. The molecule has 0 aromatic heterocycles. The van der Waals surface area contributed by atoms with Gasteiger partial charge in [-0.2, -0.15) is 0 Å². The molecule has 0 aliphatic heterocycles. The number of ketones is 1. The molecule has 0 radical (unpaired) electrons. The van der Waals surface area contributed by atoms with Crippen molar-refractivity contribution in [2.24, 2.45) is 0 Å². The Bertz CT molecular complexity index is 721. The second kappa shape index (κ2) is 7.83. The van der Waals surface area contributed by atoms with Gasteiger partial charge in [0.05, 0.1) is 0 Å². The minimum Gasteiger partial charge on any atom is -0.451 e. The predicted molar refractivity (Wildman–Crippen MR) is 89.5 cm³/mol. The maximum atomic E-state index is 12.8. The summed E-state index contributed by atoms with van der Waals surface area (Å²) in [6, 6.07) is 12.5. The van der Waals surface area contributed by atoms with Crippen LogP contribution in [-0.2, 0) is 9.53 Å². The summed E-state index contributed by atoms with van der Waals surface area (Å²) in [7, 11) is 0. The van der Waals surface area contributed by atoms with Gasteiger partial charge < -0.3 is 4.74 Å². The lowest BCUT2D eigenvalue weighted by atomic mass is 10.1. The molecule has 0 saturated carbocycles. The van der Waals surface area contributed by atoms with Crippen LogP contribution in [0.1, 0.15) is 22.8 Å². The predicted octanol–water partition coefficient (Wildman–Crippen LogP) is 4.42. The smallest absolute Gasteiger partial charge is 0.331 e. The molecule has 0 heterocycles. The number of ether oxygens (including phenoxy) is 1. The molecular weight excluding hydrogens is 363 g/mol. The van der Waals surface area contributed by atoms with Gasteiger partial charge in [0.1, 0.15) is 5.82 Å². The Kier molecular flexibility index (Phi) is 5.82. The summed E-state index contributed by atoms with van der Waals surface area (Å²) in [5.74, 6) is -1.26. The molecule has 0 unspecified atom stereocenters. The van der Waals surface area contributed by atoms with Crippen molar-refractivity contribution in [3.05, 3.63) is 76.0 Å². The first-order valence-corrected chi connectivity index (χ1v) is 7.69. The van der Waals surface area contributed by atoms with E-state index in [9.17, 15) is 14.0 Å². The molecule has 0 aliphatic carbocycles. The molecule has 5 heteroatoms. The average molecular weight is 377 g/mol. The Morgan fingerprint density at radius 2 is 1.70 bits per heavy atom. The first-order chi connectivity index (χ1) is 11.0. The van der Waals surface area contributed by atoms with E-state index in [1.54, 1.807) is 24.3 Å². The Hall–Kier alpha value is -2.27. The Morgan fingerprint density at radius 3 is 2.30 bits per heavy atom. The van der Waals surface area contributed by atoms with E-state index in [-0.39, 0.29) is 11.6 Å². The number of hydrogen-bond donors (Lipinski definition) is 0. The van der Waals surface area contributed by atoms with Crippen molar-refractivity contribution >= 4 is 33.8 Å². The van der Waals surface area contributed by atoms with Crippen molar-refractivity contribution in [2.45, 2.75) is 13.0 Å². The fraction of sp³-hybridized carbons (Fsp3) is 0.111. The first-order valence-electron chi connectivity index (χ1n) is 6.90. The quantitative estimate of drug-likeness (QED) is 0.440. The molecule has 2 aromatic carbocycles. The molecule has 2 rings (SSSR count). The molecule has 0 spiro atoms. The Balaban J connectivity index is 1.95. The number of rotatable bonds is 5. The highest BCUT2D eigenvalue weighted by molar-refractivity contribution is 9.10. The van der Waals surface area contributed by atoms with E-state index < -0.39 is 12.1 Å². The maximum Gasteiger partial charge on any atom is 0.331 e. The van der Waals surface area contributed by atoms with E-state index in [2.05, 4.69) is 15.9 Å². The summed E-state index contributed by atoms with van der Waals surface area (Å²) >= 11 is 3.29. The van der Waals surface area contributed by atoms with Crippen LogP contribution in [0.5, 0.6) is 0 Å². The third-order valence-corrected chi connectivity index (χ3v) is 3.60. The number of benzene rings is 2. The van der Waals surface area contributed by atoms with Crippen LogP contribution in [0.4, 0.5) is 4.39 Å². The second-order valence-corrected chi connectivity index (χ2v) is 5.75. The van der Waals surface area contributed by atoms with Crippen molar-refractivity contribution in [1.82, 2.24) is 0 Å². The van der Waals surface area contributed by atoms with Gasteiger partial charge in [0.25, 0.3) is 0 Å². The number of esters is 1. The monoisotopic (exact) mass is 376 g/mol. The number of halogens is 2. The lowest BCUT2D eigenvalue weighted by Gasteiger charge is -2.10. The van der Waals surface area contributed by atoms with Gasteiger partial charge in [0.2, 0.25) is 5.78 Å². The largest absolute Gasteiger partial charge is 0.451 e. The highest BCUT2D eigenvalue weighted by Crippen LogP contribution is 2.13. The van der Waals surface area contributed by atoms with Gasteiger partial charge in [-0.1, -0.05) is 40.2 Å². The molecule has 0 aliphatic rings. The molecule has 0 fully saturated rings. The highest BCUT2D eigenvalue weighted by Gasteiger charge is 2.18. The molecule has 0 saturated heterocycles. The van der Waals surface area contributed by atoms with E-state index >= 15 is 0 Å². The van der Waals surface area contributed by atoms with Crippen LogP contribution in [0.25, 0.3) is 6.08 Å². The topological polar surface area (TPSA) is 43.4 Å². The number of carbonyl (C=O) groups is 2. The lowest BCUT2D eigenvalue weighted by Crippen LogP contribution is -2.23. The molecule has 0 amide bonds. The summed E-state index contributed by atoms with van der Waals surface area (Å²) in [6.07, 6.45) is 1.82. The van der Waals surface area contributed by atoms with Crippen LogP contribution in [0.3, 0.4) is 0 Å². The second-order valence-electron chi connectivity index (χ2n) is 4.84. The van der Waals surface area contributed by atoms with Crippen LogP contribution in [0, 0.1) is 5.82 Å². The van der Waals surface area contributed by atoms with E-state index in [0.717, 1.165) is 4.47 Å². The van der Waals surface area contributed by atoms with Gasteiger partial charge in [-0.25, -0.2) is 9.18 Å². The third-order valence-electron chi connectivity index (χ3n) is 3.07. The lowest BCUT2D eigenvalue weighted by molar-refractivity contribution is -0.140. The molecule has 2 aromatic rings. The van der Waals surface area contributed by atoms with Gasteiger partial charge >= 0.3 is 5.97 Å². The van der Waals surface area contributed by atoms with Crippen LogP contribution in [0.15, 0.2) is 59.1 Å². The zero-order valence-electron chi connectivity index (χ0n) is 12.3. The van der Waals surface area contributed by atoms with Crippen molar-refractivity contribution in [1.29, 1.82) is 0 Å². The summed E-state index contributed by atoms with van der Waals surface area (Å²) < 4.78 is 18.7. The van der Waals surface area contributed by atoms with Crippen LogP contribution in [-0.4, -0.2) is 17.9 Å². The average Bonchev–Trinajstić information content (AvgIpc) is 2.54. The number of hydrogen-bond acceptors (Lipinski definition) is 3. The summed E-state index contributed by atoms with van der Waals surface area (Å²) in [6.45, 7) is 1.52. The van der Waals surface area contributed by atoms with E-state index in [0.29, 0.717) is 11.1 Å². The zero-order chi connectivity index (χ0) is 16.8. The van der Waals surface area contributed by atoms with Gasteiger partial charge in [-0.05, 0) is 42.8 Å². The fourth-order valence-electron chi connectivity index (χ4n) is 1.85. The minimum absolute atomic E-state index is 0.277. The normalized spacial score (nSPS) is 12.1. The van der Waals surface area contributed by atoms with Gasteiger partial charge in [0, 0.05) is 16.1 Å². The van der Waals surface area contributed by atoms with Gasteiger partial charge in [-0.3, -0.25) is 4.79 Å². The summed E-state index contributed by atoms with van der Waals surface area (Å²) in [4.78, 5) is 23.9. The minimum atomic E-state index is -0.887. The van der Waals surface area contributed by atoms with E-state index in [1.165, 1.54) is 43.3 Å². The highest BCUT2D eigenvalue weighted by atomic mass is 79.9. The molecular formula is C18H14BrFO3. The molecule has 0 bridgehead atoms. The zero-order valence-corrected chi connectivity index (χ0v) is 13.9. The Labute approximate surface area is 141 Å². The van der Waals surface area contributed by atoms with Crippen molar-refractivity contribution < 1.29 is 18.7 Å². The van der Waals surface area contributed by atoms with Gasteiger partial charge in [-0.15, -0.1) is 0 Å². The number of Topliss-reactive ketones (excluding diaryl/α,β-unsaturated/α-hetero) is 1. The molecule has 3 nitrogen and oxygen atoms in total. The number of carbonyl (C=O) groups excluding carboxylic acids is 2. The van der Waals surface area contributed by atoms with Gasteiger partial charge in [0.15, 0.2) is 6.10 Å². The molecule has 0 N–H and O–H groups in total. The van der Waals surface area contributed by atoms with Crippen LogP contribution in [0.2, 0.25) is 0 Å². The first kappa shape index (κ1) is 17.1. The standard InChI is InChI=1S/C18H14BrFO3/c1-12(18(22)14-5-7-15(19)8-6-14)23-17(21)11-4-13-2-9-16(20)10-3-13/h2-12H,1H3/b11-4+/t12-/m1/s1. The summed E-state index contributed by atoms with van der Waals surface area (Å²) in [5, 5.41) is 0. The molecule has 1 atom stereocenters. The van der Waals surface area contributed by atoms with Crippen molar-refractivity contribution in [2.75, 3.05) is 0 Å². The Morgan fingerprint density at radius 1 is 1.09 bits per heavy atom. The maximum absolute atomic E-state index is 12.8. The van der Waals surface area contributed by atoms with Crippen LogP contribution >= 0.6 is 15.9 Å². The fourth-order valence-corrected chi connectivity index (χ4v) is 2.12. The third kappa shape index (κ3) is 5.14. The van der Waals surface area contributed by atoms with E-state index in [1.807, 2.05) is 0 Å². The van der Waals surface area contributed by atoms with Crippen molar-refractivity contribution in [3.8, 4) is 0 Å². The van der Waals surface area contributed by atoms with Crippen LogP contribution < -0.4 is 0 Å².